The second-order valence-corrected chi connectivity index (χ2v) is 4.18. The van der Waals surface area contributed by atoms with E-state index in [1.807, 2.05) is 0 Å². The Balaban J connectivity index is 2.14. The van der Waals surface area contributed by atoms with Gasteiger partial charge in [0.2, 0.25) is 0 Å². The van der Waals surface area contributed by atoms with Crippen LogP contribution in [-0.4, -0.2) is 6.61 Å². The van der Waals surface area contributed by atoms with Crippen LogP contribution in [0, 0.1) is 29.8 Å². The van der Waals surface area contributed by atoms with Gasteiger partial charge in [0.15, 0.2) is 17.5 Å². The average molecular weight is 291 g/mol. The highest BCUT2D eigenvalue weighted by Crippen LogP contribution is 2.23. The minimum absolute atomic E-state index is 0.108. The van der Waals surface area contributed by atoms with E-state index >= 15 is 0 Å². The first-order valence-electron chi connectivity index (χ1n) is 6.15. The summed E-state index contributed by atoms with van der Waals surface area (Å²) in [5, 5.41) is 2.70. The number of benzene rings is 2. The molecule has 2 nitrogen and oxygen atoms in total. The smallest absolute Gasteiger partial charge is 0.196 e. The van der Waals surface area contributed by atoms with Gasteiger partial charge in [-0.1, -0.05) is 24.1 Å². The SMILES string of the molecule is C#CCOc1ccccc1CNc1ccc(F)c(F)c1F. The van der Waals surface area contributed by atoms with Gasteiger partial charge in [0.05, 0.1) is 5.69 Å². The zero-order valence-corrected chi connectivity index (χ0v) is 11.0. The fourth-order valence-electron chi connectivity index (χ4n) is 1.76. The van der Waals surface area contributed by atoms with Crippen molar-refractivity contribution in [1.82, 2.24) is 0 Å². The third-order valence-corrected chi connectivity index (χ3v) is 2.79. The Morgan fingerprint density at radius 3 is 2.57 bits per heavy atom. The highest BCUT2D eigenvalue weighted by Gasteiger charge is 2.13. The predicted octanol–water partition coefficient (Wildman–Crippen LogP) is 3.73. The molecule has 5 heteroatoms. The lowest BCUT2D eigenvalue weighted by atomic mass is 10.2. The molecule has 108 valence electrons. The van der Waals surface area contributed by atoms with Gasteiger partial charge < -0.3 is 10.1 Å². The van der Waals surface area contributed by atoms with Crippen LogP contribution in [0.1, 0.15) is 5.56 Å². The largest absolute Gasteiger partial charge is 0.481 e. The number of hydrogen-bond donors (Lipinski definition) is 1. The number of halogens is 3. The van der Waals surface area contributed by atoms with E-state index in [4.69, 9.17) is 11.2 Å². The lowest BCUT2D eigenvalue weighted by Crippen LogP contribution is -2.06. The van der Waals surface area contributed by atoms with E-state index in [0.29, 0.717) is 5.75 Å². The number of nitrogens with one attached hydrogen (secondary N) is 1. The number of para-hydroxylation sites is 1. The Kier molecular flexibility index (Phi) is 4.72. The van der Waals surface area contributed by atoms with Gasteiger partial charge in [0.25, 0.3) is 0 Å². The molecule has 0 heterocycles. The van der Waals surface area contributed by atoms with Crippen molar-refractivity contribution in [2.45, 2.75) is 6.54 Å². The molecular formula is C16H12F3NO. The van der Waals surface area contributed by atoms with Gasteiger partial charge in [-0.3, -0.25) is 0 Å². The molecule has 0 aliphatic carbocycles. The van der Waals surface area contributed by atoms with Crippen molar-refractivity contribution >= 4 is 5.69 Å². The molecule has 2 rings (SSSR count). The standard InChI is InChI=1S/C16H12F3NO/c1-2-9-21-14-6-4-3-5-11(14)10-20-13-8-7-12(17)15(18)16(13)19/h1,3-8,20H,9-10H2. The Labute approximate surface area is 120 Å². The minimum Gasteiger partial charge on any atom is -0.481 e. The average Bonchev–Trinajstić information content (AvgIpc) is 2.51. The molecule has 0 fully saturated rings. The third kappa shape index (κ3) is 3.48. The third-order valence-electron chi connectivity index (χ3n) is 2.79. The Morgan fingerprint density at radius 1 is 1.05 bits per heavy atom. The molecule has 2 aromatic carbocycles. The summed E-state index contributed by atoms with van der Waals surface area (Å²) in [6.07, 6.45) is 5.12. The maximum Gasteiger partial charge on any atom is 0.196 e. The van der Waals surface area contributed by atoms with E-state index in [0.717, 1.165) is 17.7 Å². The van der Waals surface area contributed by atoms with E-state index in [-0.39, 0.29) is 18.8 Å². The van der Waals surface area contributed by atoms with Gasteiger partial charge in [0.1, 0.15) is 12.4 Å². The number of terminal acetylenes is 1. The van der Waals surface area contributed by atoms with Gasteiger partial charge in [-0.15, -0.1) is 6.42 Å². The highest BCUT2D eigenvalue weighted by molar-refractivity contribution is 5.47. The van der Waals surface area contributed by atoms with Crippen LogP contribution in [0.25, 0.3) is 0 Å². The fraction of sp³-hybridized carbons (Fsp3) is 0.125. The molecule has 0 saturated carbocycles. The summed E-state index contributed by atoms with van der Waals surface area (Å²) in [4.78, 5) is 0. The Morgan fingerprint density at radius 2 is 1.81 bits per heavy atom. The van der Waals surface area contributed by atoms with Crippen molar-refractivity contribution in [2.75, 3.05) is 11.9 Å². The van der Waals surface area contributed by atoms with Crippen LogP contribution in [0.15, 0.2) is 36.4 Å². The molecule has 0 bridgehead atoms. The predicted molar refractivity (Wildman–Crippen MR) is 74.4 cm³/mol. The summed E-state index contributed by atoms with van der Waals surface area (Å²) in [5.74, 6) is -1.09. The Bertz CT molecular complexity index is 680. The van der Waals surface area contributed by atoms with E-state index < -0.39 is 17.5 Å². The van der Waals surface area contributed by atoms with Gasteiger partial charge in [-0.25, -0.2) is 13.2 Å². The summed E-state index contributed by atoms with van der Waals surface area (Å²) in [6.45, 7) is 0.291. The zero-order chi connectivity index (χ0) is 15.2. The quantitative estimate of drug-likeness (QED) is 0.669. The van der Waals surface area contributed by atoms with Gasteiger partial charge >= 0.3 is 0 Å². The first-order chi connectivity index (χ1) is 10.1. The molecule has 0 spiro atoms. The monoisotopic (exact) mass is 291 g/mol. The second-order valence-electron chi connectivity index (χ2n) is 4.18. The molecule has 0 saturated heterocycles. The van der Waals surface area contributed by atoms with Crippen LogP contribution in [0.4, 0.5) is 18.9 Å². The van der Waals surface area contributed by atoms with Crippen molar-refractivity contribution in [3.8, 4) is 18.1 Å². The number of rotatable bonds is 5. The van der Waals surface area contributed by atoms with Gasteiger partial charge in [-0.2, -0.15) is 0 Å². The molecule has 0 aliphatic rings. The van der Waals surface area contributed by atoms with Gasteiger partial charge in [0, 0.05) is 12.1 Å². The van der Waals surface area contributed by atoms with Crippen LogP contribution in [0.3, 0.4) is 0 Å². The maximum atomic E-state index is 13.5. The van der Waals surface area contributed by atoms with E-state index in [2.05, 4.69) is 11.2 Å². The minimum atomic E-state index is -1.50. The first kappa shape index (κ1) is 14.8. The van der Waals surface area contributed by atoms with Crippen molar-refractivity contribution < 1.29 is 17.9 Å². The normalized spacial score (nSPS) is 10.0. The summed E-state index contributed by atoms with van der Waals surface area (Å²) < 4.78 is 44.8. The van der Waals surface area contributed by atoms with Crippen LogP contribution >= 0.6 is 0 Å². The molecule has 1 N–H and O–H groups in total. The molecular weight excluding hydrogens is 279 g/mol. The lowest BCUT2D eigenvalue weighted by molar-refractivity contribution is 0.366. The van der Waals surface area contributed by atoms with E-state index in [1.54, 1.807) is 24.3 Å². The highest BCUT2D eigenvalue weighted by atomic mass is 19.2. The van der Waals surface area contributed by atoms with Crippen molar-refractivity contribution in [3.63, 3.8) is 0 Å². The van der Waals surface area contributed by atoms with Crippen molar-refractivity contribution in [2.24, 2.45) is 0 Å². The molecule has 0 amide bonds. The molecule has 0 aliphatic heterocycles. The maximum absolute atomic E-state index is 13.5. The van der Waals surface area contributed by atoms with E-state index in [9.17, 15) is 13.2 Å². The van der Waals surface area contributed by atoms with Gasteiger partial charge in [-0.05, 0) is 18.2 Å². The number of ether oxygens (including phenoxy) is 1. The first-order valence-corrected chi connectivity index (χ1v) is 6.15. The van der Waals surface area contributed by atoms with Crippen LogP contribution in [0.2, 0.25) is 0 Å². The second kappa shape index (κ2) is 6.71. The van der Waals surface area contributed by atoms with Crippen LogP contribution in [0.5, 0.6) is 5.75 Å². The van der Waals surface area contributed by atoms with E-state index in [1.165, 1.54) is 0 Å². The van der Waals surface area contributed by atoms with Crippen LogP contribution < -0.4 is 10.1 Å². The molecule has 0 radical (unpaired) electrons. The summed E-state index contributed by atoms with van der Waals surface area (Å²) in [7, 11) is 0. The summed E-state index contributed by atoms with van der Waals surface area (Å²) in [5.41, 5.74) is 0.595. The molecule has 21 heavy (non-hydrogen) atoms. The summed E-state index contributed by atoms with van der Waals surface area (Å²) in [6, 6.07) is 9.03. The number of hydrogen-bond acceptors (Lipinski definition) is 2. The number of anilines is 1. The molecule has 0 atom stereocenters. The fourth-order valence-corrected chi connectivity index (χ4v) is 1.76. The zero-order valence-electron chi connectivity index (χ0n) is 11.0. The molecule has 0 aromatic heterocycles. The van der Waals surface area contributed by atoms with Crippen molar-refractivity contribution in [1.29, 1.82) is 0 Å². The van der Waals surface area contributed by atoms with Crippen LogP contribution in [-0.2, 0) is 6.54 Å². The Hall–Kier alpha value is -2.61. The topological polar surface area (TPSA) is 21.3 Å². The lowest BCUT2D eigenvalue weighted by Gasteiger charge is -2.12. The molecule has 0 unspecified atom stereocenters. The summed E-state index contributed by atoms with van der Waals surface area (Å²) >= 11 is 0. The molecule has 2 aromatic rings. The van der Waals surface area contributed by atoms with Crippen molar-refractivity contribution in [3.05, 3.63) is 59.4 Å².